The Morgan fingerprint density at radius 2 is 1.67 bits per heavy atom. The third-order valence-corrected chi connectivity index (χ3v) is 4.45. The lowest BCUT2D eigenvalue weighted by Crippen LogP contribution is -2.26. The summed E-state index contributed by atoms with van der Waals surface area (Å²) in [6, 6.07) is 2.59. The number of benzene rings is 1. The number of aryl methyl sites for hydroxylation is 1. The van der Waals surface area contributed by atoms with Crippen LogP contribution in [0.4, 0.5) is 0 Å². The lowest BCUT2D eigenvalue weighted by Gasteiger charge is -2.20. The number of rotatable bonds is 0. The SMILES string of the molecule is C[C@H]1CCC[C@@H](O)[C@@H](O)CCCCc2cc(O)cc(O)c2C(=O)O1. The second-order valence-electron chi connectivity index (χ2n) is 6.53. The van der Waals surface area contributed by atoms with E-state index in [1.54, 1.807) is 6.92 Å². The summed E-state index contributed by atoms with van der Waals surface area (Å²) in [7, 11) is 0. The fraction of sp³-hybridized carbons (Fsp3) is 0.611. The molecule has 1 aromatic rings. The quantitative estimate of drug-likeness (QED) is 0.541. The monoisotopic (exact) mass is 338 g/mol. The fourth-order valence-electron chi connectivity index (χ4n) is 3.07. The molecule has 0 amide bonds. The van der Waals surface area contributed by atoms with E-state index in [0.29, 0.717) is 50.5 Å². The second kappa shape index (κ2) is 8.35. The molecule has 24 heavy (non-hydrogen) atoms. The third-order valence-electron chi connectivity index (χ3n) is 4.45. The van der Waals surface area contributed by atoms with Crippen molar-refractivity contribution in [3.05, 3.63) is 23.3 Å². The molecule has 3 atom stereocenters. The third kappa shape index (κ3) is 4.85. The van der Waals surface area contributed by atoms with E-state index < -0.39 is 18.2 Å². The van der Waals surface area contributed by atoms with Gasteiger partial charge < -0.3 is 25.2 Å². The second-order valence-corrected chi connectivity index (χ2v) is 6.53. The highest BCUT2D eigenvalue weighted by atomic mass is 16.5. The zero-order valence-corrected chi connectivity index (χ0v) is 13.9. The molecule has 2 rings (SSSR count). The molecule has 0 unspecified atom stereocenters. The number of phenols is 2. The van der Waals surface area contributed by atoms with Crippen LogP contribution in [0.1, 0.15) is 61.4 Å². The standard InChI is InChI=1S/C18H26O6/c1-11-5-4-8-15(21)14(20)7-3-2-6-12-9-13(19)10-16(22)17(12)18(23)24-11/h9-11,14-15,19-22H,2-8H2,1H3/t11-,14-,15+/m0/s1. The molecule has 134 valence electrons. The predicted octanol–water partition coefficient (Wildman–Crippen LogP) is 2.26. The van der Waals surface area contributed by atoms with E-state index in [1.165, 1.54) is 6.07 Å². The first-order valence-electron chi connectivity index (χ1n) is 8.50. The molecule has 1 aromatic carbocycles. The van der Waals surface area contributed by atoms with Gasteiger partial charge in [0.05, 0.1) is 18.3 Å². The van der Waals surface area contributed by atoms with E-state index in [9.17, 15) is 25.2 Å². The van der Waals surface area contributed by atoms with E-state index in [-0.39, 0.29) is 23.2 Å². The number of aliphatic hydroxyl groups is 2. The Bertz CT molecular complexity index is 571. The van der Waals surface area contributed by atoms with Gasteiger partial charge in [0.25, 0.3) is 0 Å². The highest BCUT2D eigenvalue weighted by Gasteiger charge is 2.23. The Kier molecular flexibility index (Phi) is 6.45. The van der Waals surface area contributed by atoms with Crippen molar-refractivity contribution in [3.63, 3.8) is 0 Å². The number of hydrogen-bond donors (Lipinski definition) is 4. The first kappa shape index (κ1) is 18.5. The number of esters is 1. The van der Waals surface area contributed by atoms with Crippen LogP contribution in [0.25, 0.3) is 0 Å². The number of hydrogen-bond acceptors (Lipinski definition) is 6. The summed E-state index contributed by atoms with van der Waals surface area (Å²) < 4.78 is 5.38. The van der Waals surface area contributed by atoms with Crippen molar-refractivity contribution >= 4 is 5.97 Å². The first-order valence-corrected chi connectivity index (χ1v) is 8.50. The van der Waals surface area contributed by atoms with Gasteiger partial charge in [-0.05, 0) is 57.1 Å². The fourth-order valence-corrected chi connectivity index (χ4v) is 3.07. The summed E-state index contributed by atoms with van der Waals surface area (Å²) in [5, 5.41) is 39.6. The smallest absolute Gasteiger partial charge is 0.342 e. The Hall–Kier alpha value is -1.79. The molecule has 1 aliphatic heterocycles. The van der Waals surface area contributed by atoms with Gasteiger partial charge >= 0.3 is 5.97 Å². The van der Waals surface area contributed by atoms with Gasteiger partial charge in [-0.3, -0.25) is 0 Å². The van der Waals surface area contributed by atoms with Gasteiger partial charge in [0, 0.05) is 6.07 Å². The summed E-state index contributed by atoms with van der Waals surface area (Å²) in [5.41, 5.74) is 0.620. The van der Waals surface area contributed by atoms with E-state index in [1.807, 2.05) is 0 Å². The molecule has 0 saturated carbocycles. The molecule has 1 heterocycles. The van der Waals surface area contributed by atoms with Crippen LogP contribution in [0.15, 0.2) is 12.1 Å². The van der Waals surface area contributed by atoms with E-state index in [2.05, 4.69) is 0 Å². The van der Waals surface area contributed by atoms with Crippen molar-refractivity contribution in [3.8, 4) is 11.5 Å². The van der Waals surface area contributed by atoms with Crippen LogP contribution in [-0.4, -0.2) is 44.7 Å². The zero-order chi connectivity index (χ0) is 17.7. The van der Waals surface area contributed by atoms with Crippen LogP contribution in [0.2, 0.25) is 0 Å². The maximum atomic E-state index is 12.4. The lowest BCUT2D eigenvalue weighted by molar-refractivity contribution is 0.00324. The number of phenolic OH excluding ortho intramolecular Hbond substituents is 2. The average molecular weight is 338 g/mol. The Morgan fingerprint density at radius 1 is 1.00 bits per heavy atom. The van der Waals surface area contributed by atoms with Gasteiger partial charge in [-0.2, -0.15) is 0 Å². The summed E-state index contributed by atoms with van der Waals surface area (Å²) in [4.78, 5) is 12.4. The normalized spacial score (nSPS) is 27.0. The molecule has 0 aromatic heterocycles. The van der Waals surface area contributed by atoms with Crippen LogP contribution in [0, 0.1) is 0 Å². The number of cyclic esters (lactones) is 1. The molecule has 0 fully saturated rings. The largest absolute Gasteiger partial charge is 0.508 e. The molecule has 1 aliphatic rings. The van der Waals surface area contributed by atoms with Gasteiger partial charge in [-0.25, -0.2) is 4.79 Å². The Balaban J connectivity index is 2.23. The Morgan fingerprint density at radius 3 is 2.38 bits per heavy atom. The predicted molar refractivity (Wildman–Crippen MR) is 88.1 cm³/mol. The molecule has 6 nitrogen and oxygen atoms in total. The van der Waals surface area contributed by atoms with Crippen molar-refractivity contribution in [1.29, 1.82) is 0 Å². The van der Waals surface area contributed by atoms with Crippen molar-refractivity contribution < 1.29 is 30.0 Å². The van der Waals surface area contributed by atoms with E-state index >= 15 is 0 Å². The molecule has 4 N–H and O–H groups in total. The maximum Gasteiger partial charge on any atom is 0.342 e. The number of fused-ring (bicyclic) bond motifs is 1. The van der Waals surface area contributed by atoms with Crippen LogP contribution in [0.5, 0.6) is 11.5 Å². The topological polar surface area (TPSA) is 107 Å². The maximum absolute atomic E-state index is 12.4. The first-order chi connectivity index (χ1) is 11.4. The van der Waals surface area contributed by atoms with Crippen LogP contribution in [-0.2, 0) is 11.2 Å². The lowest BCUT2D eigenvalue weighted by atomic mass is 9.96. The van der Waals surface area contributed by atoms with Gasteiger partial charge in [-0.1, -0.05) is 6.42 Å². The number of ether oxygens (including phenoxy) is 1. The van der Waals surface area contributed by atoms with Crippen LogP contribution in [0.3, 0.4) is 0 Å². The molecule has 6 heteroatoms. The summed E-state index contributed by atoms with van der Waals surface area (Å²) in [6.45, 7) is 1.75. The van der Waals surface area contributed by atoms with E-state index in [4.69, 9.17) is 4.74 Å². The highest BCUT2D eigenvalue weighted by molar-refractivity contribution is 5.94. The molecule has 0 radical (unpaired) electrons. The average Bonchev–Trinajstić information content (AvgIpc) is 2.49. The minimum atomic E-state index is -0.767. The van der Waals surface area contributed by atoms with Gasteiger partial charge in [0.15, 0.2) is 0 Å². The number of carbonyl (C=O) groups is 1. The number of aliphatic hydroxyl groups excluding tert-OH is 2. The number of aromatic hydroxyl groups is 2. The van der Waals surface area contributed by atoms with Crippen molar-refractivity contribution in [1.82, 2.24) is 0 Å². The van der Waals surface area contributed by atoms with Gasteiger partial charge in [0.2, 0.25) is 0 Å². The highest BCUT2D eigenvalue weighted by Crippen LogP contribution is 2.30. The zero-order valence-electron chi connectivity index (χ0n) is 13.9. The van der Waals surface area contributed by atoms with E-state index in [0.717, 1.165) is 6.07 Å². The van der Waals surface area contributed by atoms with Crippen molar-refractivity contribution in [2.24, 2.45) is 0 Å². The molecule has 0 spiro atoms. The minimum Gasteiger partial charge on any atom is -0.508 e. The summed E-state index contributed by atoms with van der Waals surface area (Å²) in [5.74, 6) is -0.999. The Labute approximate surface area is 141 Å². The summed E-state index contributed by atoms with van der Waals surface area (Å²) >= 11 is 0. The molecule has 0 saturated heterocycles. The van der Waals surface area contributed by atoms with Gasteiger partial charge in [-0.15, -0.1) is 0 Å². The van der Waals surface area contributed by atoms with Gasteiger partial charge in [0.1, 0.15) is 17.1 Å². The molecular formula is C18H26O6. The van der Waals surface area contributed by atoms with Crippen LogP contribution >= 0.6 is 0 Å². The minimum absolute atomic E-state index is 0.0947. The van der Waals surface area contributed by atoms with Crippen LogP contribution < -0.4 is 0 Å². The molecule has 0 bridgehead atoms. The molecular weight excluding hydrogens is 312 g/mol. The molecule has 0 aliphatic carbocycles. The van der Waals surface area contributed by atoms with Crippen molar-refractivity contribution in [2.45, 2.75) is 70.2 Å². The van der Waals surface area contributed by atoms with Crippen molar-refractivity contribution in [2.75, 3.05) is 0 Å². The summed E-state index contributed by atoms with van der Waals surface area (Å²) in [6.07, 6.45) is 2.00. The number of carbonyl (C=O) groups excluding carboxylic acids is 1.